The predicted octanol–water partition coefficient (Wildman–Crippen LogP) is 2.17. The maximum Gasteiger partial charge on any atom is 0.234 e. The molecule has 0 saturated heterocycles. The van der Waals surface area contributed by atoms with Crippen LogP contribution in [0, 0.1) is 12.8 Å². The van der Waals surface area contributed by atoms with Crippen molar-refractivity contribution in [3.05, 3.63) is 35.4 Å². The largest absolute Gasteiger partial charge is 0.348 e. The first-order valence-corrected chi connectivity index (χ1v) is 6.72. The third-order valence-electron chi connectivity index (χ3n) is 3.34. The number of hydrogen-bond donors (Lipinski definition) is 2. The number of benzene rings is 1. The van der Waals surface area contributed by atoms with Crippen molar-refractivity contribution in [1.29, 1.82) is 0 Å². The molecule has 2 N–H and O–H groups in total. The maximum atomic E-state index is 11.7. The fourth-order valence-electron chi connectivity index (χ4n) is 2.03. The van der Waals surface area contributed by atoms with Crippen LogP contribution in [0.15, 0.2) is 24.3 Å². The summed E-state index contributed by atoms with van der Waals surface area (Å²) in [6.45, 7) is 5.49. The molecule has 0 aliphatic heterocycles. The number of carbonyl (C=O) groups excluding carboxylic acids is 1. The summed E-state index contributed by atoms with van der Waals surface area (Å²) < 4.78 is 0. The Balaban J connectivity index is 1.75. The van der Waals surface area contributed by atoms with Gasteiger partial charge in [0.05, 0.1) is 12.6 Å². The first kappa shape index (κ1) is 13.1. The predicted molar refractivity (Wildman–Crippen MR) is 73.3 cm³/mol. The molecule has 2 rings (SSSR count). The Bertz CT molecular complexity index is 413. The minimum Gasteiger partial charge on any atom is -0.348 e. The smallest absolute Gasteiger partial charge is 0.234 e. The molecule has 18 heavy (non-hydrogen) atoms. The van der Waals surface area contributed by atoms with Gasteiger partial charge in [-0.15, -0.1) is 0 Å². The highest BCUT2D eigenvalue weighted by atomic mass is 16.1. The molecule has 1 aliphatic carbocycles. The van der Waals surface area contributed by atoms with Gasteiger partial charge < -0.3 is 10.6 Å². The lowest BCUT2D eigenvalue weighted by Gasteiger charge is -2.15. The van der Waals surface area contributed by atoms with Crippen molar-refractivity contribution >= 4 is 5.91 Å². The minimum atomic E-state index is 0.0696. The number of amides is 1. The zero-order valence-electron chi connectivity index (χ0n) is 11.2. The summed E-state index contributed by atoms with van der Waals surface area (Å²) in [5.41, 5.74) is 2.38. The lowest BCUT2D eigenvalue weighted by atomic mass is 10.1. The number of carbonyl (C=O) groups is 1. The Morgan fingerprint density at radius 1 is 1.44 bits per heavy atom. The Morgan fingerprint density at radius 3 is 2.89 bits per heavy atom. The second kappa shape index (κ2) is 6.01. The van der Waals surface area contributed by atoms with Crippen LogP contribution in [-0.2, 0) is 4.79 Å². The Hall–Kier alpha value is -1.35. The van der Waals surface area contributed by atoms with Crippen molar-refractivity contribution in [3.63, 3.8) is 0 Å². The van der Waals surface area contributed by atoms with Crippen LogP contribution in [0.5, 0.6) is 0 Å². The van der Waals surface area contributed by atoms with E-state index in [1.165, 1.54) is 18.4 Å². The number of hydrogen-bond acceptors (Lipinski definition) is 2. The van der Waals surface area contributed by atoms with Crippen LogP contribution in [0.4, 0.5) is 0 Å². The second-order valence-corrected chi connectivity index (χ2v) is 5.28. The molecule has 1 fully saturated rings. The molecule has 0 bridgehead atoms. The van der Waals surface area contributed by atoms with Crippen LogP contribution in [0.25, 0.3) is 0 Å². The summed E-state index contributed by atoms with van der Waals surface area (Å²) in [5, 5.41) is 6.22. The molecule has 1 aromatic carbocycles. The van der Waals surface area contributed by atoms with Gasteiger partial charge in [0, 0.05) is 0 Å². The summed E-state index contributed by atoms with van der Waals surface area (Å²) in [6.07, 6.45) is 2.63. The molecule has 0 spiro atoms. The van der Waals surface area contributed by atoms with Crippen LogP contribution in [0.3, 0.4) is 0 Å². The van der Waals surface area contributed by atoms with Crippen molar-refractivity contribution < 1.29 is 4.79 Å². The Labute approximate surface area is 109 Å². The monoisotopic (exact) mass is 246 g/mol. The number of rotatable bonds is 6. The highest BCUT2D eigenvalue weighted by molar-refractivity contribution is 5.78. The maximum absolute atomic E-state index is 11.7. The molecular formula is C15H22N2O. The van der Waals surface area contributed by atoms with Gasteiger partial charge in [-0.25, -0.2) is 0 Å². The van der Waals surface area contributed by atoms with Gasteiger partial charge in [0.15, 0.2) is 0 Å². The van der Waals surface area contributed by atoms with Gasteiger partial charge in [-0.05, 0) is 44.7 Å². The summed E-state index contributed by atoms with van der Waals surface area (Å²) in [4.78, 5) is 11.7. The fraction of sp³-hybridized carbons (Fsp3) is 0.533. The first-order valence-electron chi connectivity index (χ1n) is 6.72. The van der Waals surface area contributed by atoms with Gasteiger partial charge >= 0.3 is 0 Å². The topological polar surface area (TPSA) is 41.1 Å². The van der Waals surface area contributed by atoms with E-state index in [9.17, 15) is 4.79 Å². The Morgan fingerprint density at radius 2 is 2.22 bits per heavy atom. The lowest BCUT2D eigenvalue weighted by molar-refractivity contribution is -0.120. The summed E-state index contributed by atoms with van der Waals surface area (Å²) in [7, 11) is 0. The van der Waals surface area contributed by atoms with E-state index in [0.717, 1.165) is 18.0 Å². The van der Waals surface area contributed by atoms with Gasteiger partial charge in [0.2, 0.25) is 5.91 Å². The zero-order chi connectivity index (χ0) is 13.0. The highest BCUT2D eigenvalue weighted by Crippen LogP contribution is 2.27. The molecule has 3 nitrogen and oxygen atoms in total. The van der Waals surface area contributed by atoms with Gasteiger partial charge in [0.25, 0.3) is 0 Å². The van der Waals surface area contributed by atoms with Gasteiger partial charge in [-0.1, -0.05) is 29.8 Å². The summed E-state index contributed by atoms with van der Waals surface area (Å²) in [5.74, 6) is 0.886. The zero-order valence-corrected chi connectivity index (χ0v) is 11.2. The van der Waals surface area contributed by atoms with Gasteiger partial charge in [-0.3, -0.25) is 4.79 Å². The molecule has 1 saturated carbocycles. The van der Waals surface area contributed by atoms with Gasteiger partial charge in [0.1, 0.15) is 0 Å². The summed E-state index contributed by atoms with van der Waals surface area (Å²) in [6, 6.07) is 8.33. The molecule has 0 heterocycles. The molecule has 1 aromatic rings. The van der Waals surface area contributed by atoms with Crippen molar-refractivity contribution in [2.24, 2.45) is 5.92 Å². The standard InChI is InChI=1S/C15H22N2O/c1-11-4-3-5-14(8-11)12(2)17-15(18)10-16-9-13-6-7-13/h3-5,8,12-13,16H,6-7,9-10H2,1-2H3,(H,17,18)/t12-/m1/s1. The van der Waals surface area contributed by atoms with E-state index in [2.05, 4.69) is 35.8 Å². The number of nitrogens with one attached hydrogen (secondary N) is 2. The SMILES string of the molecule is Cc1cccc([C@@H](C)NC(=O)CNCC2CC2)c1. The van der Waals surface area contributed by atoms with E-state index in [4.69, 9.17) is 0 Å². The summed E-state index contributed by atoms with van der Waals surface area (Å²) >= 11 is 0. The van der Waals surface area contributed by atoms with Crippen LogP contribution >= 0.6 is 0 Å². The molecule has 1 atom stereocenters. The van der Waals surface area contributed by atoms with Crippen molar-refractivity contribution in [1.82, 2.24) is 10.6 Å². The molecule has 1 amide bonds. The fourth-order valence-corrected chi connectivity index (χ4v) is 2.03. The van der Waals surface area contributed by atoms with Crippen molar-refractivity contribution in [2.75, 3.05) is 13.1 Å². The lowest BCUT2D eigenvalue weighted by Crippen LogP contribution is -2.36. The van der Waals surface area contributed by atoms with Crippen LogP contribution < -0.4 is 10.6 Å². The highest BCUT2D eigenvalue weighted by Gasteiger charge is 2.20. The first-order chi connectivity index (χ1) is 8.65. The third kappa shape index (κ3) is 4.15. The Kier molecular flexibility index (Phi) is 4.37. The second-order valence-electron chi connectivity index (χ2n) is 5.28. The van der Waals surface area contributed by atoms with Crippen LogP contribution in [0.2, 0.25) is 0 Å². The molecule has 0 radical (unpaired) electrons. The van der Waals surface area contributed by atoms with Gasteiger partial charge in [-0.2, -0.15) is 0 Å². The van der Waals surface area contributed by atoms with Crippen LogP contribution in [0.1, 0.15) is 36.9 Å². The molecule has 3 heteroatoms. The quantitative estimate of drug-likeness (QED) is 0.807. The van der Waals surface area contributed by atoms with E-state index in [1.807, 2.05) is 13.0 Å². The van der Waals surface area contributed by atoms with Crippen molar-refractivity contribution in [3.8, 4) is 0 Å². The normalized spacial score (nSPS) is 16.3. The average molecular weight is 246 g/mol. The molecular weight excluding hydrogens is 224 g/mol. The third-order valence-corrected chi connectivity index (χ3v) is 3.34. The molecule has 0 unspecified atom stereocenters. The van der Waals surface area contributed by atoms with E-state index < -0.39 is 0 Å². The van der Waals surface area contributed by atoms with E-state index in [-0.39, 0.29) is 11.9 Å². The van der Waals surface area contributed by atoms with Crippen molar-refractivity contribution in [2.45, 2.75) is 32.7 Å². The van der Waals surface area contributed by atoms with Crippen LogP contribution in [-0.4, -0.2) is 19.0 Å². The molecule has 0 aromatic heterocycles. The molecule has 1 aliphatic rings. The minimum absolute atomic E-state index is 0.0696. The molecule has 98 valence electrons. The van der Waals surface area contributed by atoms with E-state index >= 15 is 0 Å². The van der Waals surface area contributed by atoms with E-state index in [0.29, 0.717) is 6.54 Å². The number of aryl methyl sites for hydroxylation is 1. The van der Waals surface area contributed by atoms with E-state index in [1.54, 1.807) is 0 Å². The average Bonchev–Trinajstić information content (AvgIpc) is 3.13.